The summed E-state index contributed by atoms with van der Waals surface area (Å²) >= 11 is 7.31. The SMILES string of the molecule is O=S(=O)(Nc1ncns1)c1ccc(N[C@@H]2CCc3ccccc32)c(Cl)c1. The van der Waals surface area contributed by atoms with Gasteiger partial charge in [0.05, 0.1) is 21.6 Å². The number of fused-ring (bicyclic) bond motifs is 1. The molecule has 1 atom stereocenters. The highest BCUT2D eigenvalue weighted by atomic mass is 35.5. The maximum absolute atomic E-state index is 12.4. The van der Waals surface area contributed by atoms with Crippen molar-refractivity contribution >= 4 is 44.0 Å². The van der Waals surface area contributed by atoms with Gasteiger partial charge >= 0.3 is 0 Å². The summed E-state index contributed by atoms with van der Waals surface area (Å²) in [5.41, 5.74) is 3.31. The van der Waals surface area contributed by atoms with E-state index in [1.54, 1.807) is 6.07 Å². The van der Waals surface area contributed by atoms with Crippen molar-refractivity contribution in [3.8, 4) is 0 Å². The maximum Gasteiger partial charge on any atom is 0.263 e. The lowest BCUT2D eigenvalue weighted by atomic mass is 10.1. The molecule has 0 fully saturated rings. The van der Waals surface area contributed by atoms with Gasteiger partial charge in [0.25, 0.3) is 10.0 Å². The van der Waals surface area contributed by atoms with Gasteiger partial charge in [-0.1, -0.05) is 35.9 Å². The molecule has 6 nitrogen and oxygen atoms in total. The predicted octanol–water partition coefficient (Wildman–Crippen LogP) is 4.09. The number of hydrogen-bond donors (Lipinski definition) is 2. The summed E-state index contributed by atoms with van der Waals surface area (Å²) in [7, 11) is -3.75. The van der Waals surface area contributed by atoms with Crippen LogP contribution in [0.15, 0.2) is 53.7 Å². The van der Waals surface area contributed by atoms with Gasteiger partial charge in [0, 0.05) is 11.5 Å². The van der Waals surface area contributed by atoms with Crippen LogP contribution in [-0.2, 0) is 16.4 Å². The molecule has 0 bridgehead atoms. The van der Waals surface area contributed by atoms with Gasteiger partial charge < -0.3 is 5.32 Å². The first-order valence-electron chi connectivity index (χ1n) is 7.96. The molecule has 134 valence electrons. The van der Waals surface area contributed by atoms with Gasteiger partial charge in [0.2, 0.25) is 5.13 Å². The standard InChI is InChI=1S/C17H15ClN4O2S2/c18-14-9-12(26(23,24)22-17-19-10-20-25-17)6-8-16(14)21-15-7-5-11-3-1-2-4-13(11)15/h1-4,6,8-10,15,21H,5,7H2,(H,19,20,22)/t15-/m1/s1. The number of aryl methyl sites for hydroxylation is 1. The Balaban J connectivity index is 1.55. The predicted molar refractivity (Wildman–Crippen MR) is 103 cm³/mol. The third kappa shape index (κ3) is 3.40. The zero-order valence-electron chi connectivity index (χ0n) is 13.5. The summed E-state index contributed by atoms with van der Waals surface area (Å²) in [6, 6.07) is 13.1. The van der Waals surface area contributed by atoms with Crippen LogP contribution in [0, 0.1) is 0 Å². The lowest BCUT2D eigenvalue weighted by Gasteiger charge is -2.17. The molecule has 1 aromatic heterocycles. The van der Waals surface area contributed by atoms with Crippen molar-refractivity contribution in [3.63, 3.8) is 0 Å². The molecule has 1 aliphatic rings. The van der Waals surface area contributed by atoms with Crippen LogP contribution in [0.4, 0.5) is 10.8 Å². The van der Waals surface area contributed by atoms with Crippen molar-refractivity contribution in [3.05, 3.63) is 64.9 Å². The Hall–Kier alpha value is -2.16. The number of benzene rings is 2. The maximum atomic E-state index is 12.4. The highest BCUT2D eigenvalue weighted by Crippen LogP contribution is 2.36. The Morgan fingerprint density at radius 3 is 2.81 bits per heavy atom. The monoisotopic (exact) mass is 406 g/mol. The Kier molecular flexibility index (Phi) is 4.56. The molecule has 26 heavy (non-hydrogen) atoms. The molecule has 0 saturated carbocycles. The van der Waals surface area contributed by atoms with E-state index >= 15 is 0 Å². The van der Waals surface area contributed by atoms with E-state index in [0.29, 0.717) is 10.7 Å². The first-order valence-corrected chi connectivity index (χ1v) is 10.6. The third-order valence-electron chi connectivity index (χ3n) is 4.30. The molecule has 0 radical (unpaired) electrons. The number of aromatic nitrogens is 2. The first kappa shape index (κ1) is 17.3. The van der Waals surface area contributed by atoms with E-state index in [-0.39, 0.29) is 16.1 Å². The van der Waals surface area contributed by atoms with Crippen LogP contribution >= 0.6 is 23.1 Å². The van der Waals surface area contributed by atoms with Crippen LogP contribution in [0.2, 0.25) is 5.02 Å². The fraction of sp³-hybridized carbons (Fsp3) is 0.176. The van der Waals surface area contributed by atoms with Gasteiger partial charge in [-0.3, -0.25) is 4.72 Å². The van der Waals surface area contributed by atoms with Crippen LogP contribution in [0.1, 0.15) is 23.6 Å². The Morgan fingerprint density at radius 2 is 2.04 bits per heavy atom. The van der Waals surface area contributed by atoms with E-state index < -0.39 is 10.0 Å². The molecule has 1 heterocycles. The van der Waals surface area contributed by atoms with Crippen molar-refractivity contribution in [2.24, 2.45) is 0 Å². The van der Waals surface area contributed by atoms with Crippen molar-refractivity contribution in [2.45, 2.75) is 23.8 Å². The zero-order valence-corrected chi connectivity index (χ0v) is 15.9. The molecule has 0 aliphatic heterocycles. The lowest BCUT2D eigenvalue weighted by Crippen LogP contribution is -2.13. The molecule has 3 aromatic rings. The van der Waals surface area contributed by atoms with Crippen molar-refractivity contribution in [2.75, 3.05) is 10.0 Å². The van der Waals surface area contributed by atoms with Crippen LogP contribution in [0.25, 0.3) is 0 Å². The molecule has 0 amide bonds. The minimum Gasteiger partial charge on any atom is -0.377 e. The summed E-state index contributed by atoms with van der Waals surface area (Å²) in [6.45, 7) is 0. The number of hydrogen-bond acceptors (Lipinski definition) is 6. The Morgan fingerprint density at radius 1 is 1.19 bits per heavy atom. The molecule has 1 aliphatic carbocycles. The second-order valence-corrected chi connectivity index (χ2v) is 8.80. The number of rotatable bonds is 5. The van der Waals surface area contributed by atoms with Crippen molar-refractivity contribution in [1.82, 2.24) is 9.36 Å². The van der Waals surface area contributed by atoms with Gasteiger partial charge in [-0.05, 0) is 42.2 Å². The fourth-order valence-corrected chi connectivity index (χ4v) is 5.05. The quantitative estimate of drug-likeness (QED) is 0.666. The zero-order chi connectivity index (χ0) is 18.1. The third-order valence-corrected chi connectivity index (χ3v) is 6.66. The van der Waals surface area contributed by atoms with Crippen LogP contribution in [0.3, 0.4) is 0 Å². The van der Waals surface area contributed by atoms with Gasteiger partial charge in [-0.2, -0.15) is 4.37 Å². The highest BCUT2D eigenvalue weighted by molar-refractivity contribution is 7.93. The first-order chi connectivity index (χ1) is 12.5. The molecule has 0 spiro atoms. The van der Waals surface area contributed by atoms with Crippen molar-refractivity contribution < 1.29 is 8.42 Å². The Labute approximate surface area is 160 Å². The Bertz CT molecular complexity index is 1040. The molecule has 4 rings (SSSR count). The molecule has 0 unspecified atom stereocenters. The molecular formula is C17H15ClN4O2S2. The smallest absolute Gasteiger partial charge is 0.263 e. The van der Waals surface area contributed by atoms with Gasteiger partial charge in [0.1, 0.15) is 6.33 Å². The fourth-order valence-electron chi connectivity index (χ4n) is 3.07. The van der Waals surface area contributed by atoms with Gasteiger partial charge in [-0.15, -0.1) is 0 Å². The van der Waals surface area contributed by atoms with Gasteiger partial charge in [0.15, 0.2) is 0 Å². The average Bonchev–Trinajstić information content (AvgIpc) is 3.26. The largest absolute Gasteiger partial charge is 0.377 e. The summed E-state index contributed by atoms with van der Waals surface area (Å²) in [5.74, 6) is 0. The van der Waals surface area contributed by atoms with Crippen LogP contribution < -0.4 is 10.0 Å². The molecule has 9 heteroatoms. The number of halogens is 1. The molecule has 2 aromatic carbocycles. The topological polar surface area (TPSA) is 84.0 Å². The number of sulfonamides is 1. The van der Waals surface area contributed by atoms with E-state index in [4.69, 9.17) is 11.6 Å². The van der Waals surface area contributed by atoms with Gasteiger partial charge in [-0.25, -0.2) is 13.4 Å². The number of anilines is 2. The van der Waals surface area contributed by atoms with E-state index in [9.17, 15) is 8.42 Å². The second-order valence-electron chi connectivity index (χ2n) is 5.93. The van der Waals surface area contributed by atoms with E-state index in [1.807, 2.05) is 12.1 Å². The van der Waals surface area contributed by atoms with Crippen LogP contribution in [0.5, 0.6) is 0 Å². The lowest BCUT2D eigenvalue weighted by molar-refractivity contribution is 0.601. The summed E-state index contributed by atoms with van der Waals surface area (Å²) in [4.78, 5) is 3.91. The minimum absolute atomic E-state index is 0.0788. The van der Waals surface area contributed by atoms with Crippen molar-refractivity contribution in [1.29, 1.82) is 0 Å². The van der Waals surface area contributed by atoms with E-state index in [2.05, 4.69) is 31.5 Å². The highest BCUT2D eigenvalue weighted by Gasteiger charge is 2.23. The molecule has 0 saturated heterocycles. The number of nitrogens with zero attached hydrogens (tertiary/aromatic N) is 2. The average molecular weight is 407 g/mol. The van der Waals surface area contributed by atoms with Crippen LogP contribution in [-0.4, -0.2) is 17.8 Å². The summed E-state index contributed by atoms with van der Waals surface area (Å²) < 4.78 is 31.0. The van der Waals surface area contributed by atoms with E-state index in [0.717, 1.165) is 24.4 Å². The summed E-state index contributed by atoms with van der Waals surface area (Å²) in [5, 5.41) is 3.99. The normalized spacial score (nSPS) is 16.3. The summed E-state index contributed by atoms with van der Waals surface area (Å²) in [6.07, 6.45) is 3.29. The second kappa shape index (κ2) is 6.86. The van der Waals surface area contributed by atoms with E-state index in [1.165, 1.54) is 29.6 Å². The molecule has 2 N–H and O–H groups in total. The molecular weight excluding hydrogens is 392 g/mol. The minimum atomic E-state index is -3.75. The number of nitrogens with one attached hydrogen (secondary N) is 2.